The average Bonchev–Trinajstić information content (AvgIpc) is 3.30. The van der Waals surface area contributed by atoms with Crippen LogP contribution in [-0.4, -0.2) is 73.4 Å². The molecule has 5 nitrogen and oxygen atoms in total. The molecule has 1 fully saturated rings. The first kappa shape index (κ1) is 25.2. The van der Waals surface area contributed by atoms with Crippen molar-refractivity contribution < 1.29 is 31.5 Å². The predicted octanol–water partition coefficient (Wildman–Crippen LogP) is 3.11. The van der Waals surface area contributed by atoms with Crippen LogP contribution in [0.1, 0.15) is 20.3 Å². The van der Waals surface area contributed by atoms with Crippen molar-refractivity contribution in [1.29, 1.82) is 0 Å². The Bertz CT molecular complexity index is 728. The van der Waals surface area contributed by atoms with E-state index in [0.717, 1.165) is 46.7 Å². The number of hydrogen-bond donors (Lipinski definition) is 1. The van der Waals surface area contributed by atoms with E-state index in [-0.39, 0.29) is 25.2 Å². The Hall–Kier alpha value is -2.04. The van der Waals surface area contributed by atoms with Gasteiger partial charge in [-0.25, -0.2) is 8.78 Å². The summed E-state index contributed by atoms with van der Waals surface area (Å²) in [4.78, 5) is 14.3. The fraction of sp³-hybridized carbons (Fsp3) is 0.571. The van der Waals surface area contributed by atoms with Crippen LogP contribution in [0.4, 0.5) is 22.0 Å². The first-order valence-electron chi connectivity index (χ1n) is 10.2. The van der Waals surface area contributed by atoms with Gasteiger partial charge in [0, 0.05) is 38.3 Å². The van der Waals surface area contributed by atoms with Gasteiger partial charge in [0.15, 0.2) is 0 Å². The number of carbonyl (C=O) groups is 1. The van der Waals surface area contributed by atoms with E-state index in [1.807, 2.05) is 13.8 Å². The highest BCUT2D eigenvalue weighted by Crippen LogP contribution is 2.31. The summed E-state index contributed by atoms with van der Waals surface area (Å²) < 4.78 is 66.6. The van der Waals surface area contributed by atoms with Gasteiger partial charge in [-0.1, -0.05) is 13.8 Å². The zero-order valence-corrected chi connectivity index (χ0v) is 17.6. The van der Waals surface area contributed by atoms with Crippen molar-refractivity contribution >= 4 is 5.91 Å². The van der Waals surface area contributed by atoms with Gasteiger partial charge in [0.25, 0.3) is 0 Å². The third-order valence-corrected chi connectivity index (χ3v) is 5.12. The Morgan fingerprint density at radius 3 is 1.87 bits per heavy atom. The standard InChI is InChI=1S/C13H18F3N3O2.C6H4F2.C2H6/c14-13(15,16)12(20)19-4-8-2-18(3-9(8)5-19)11-1-10(17)6-21-7-11;7-5-1-2-6(8)4-3-5;1-2/h10-11H,1-7,17H2;1-4H;1-2H3. The fourth-order valence-electron chi connectivity index (χ4n) is 3.72. The topological polar surface area (TPSA) is 58.8 Å². The molecule has 0 radical (unpaired) electrons. The van der Waals surface area contributed by atoms with E-state index in [9.17, 15) is 26.7 Å². The monoisotopic (exact) mass is 449 g/mol. The van der Waals surface area contributed by atoms with Gasteiger partial charge in [0.05, 0.1) is 13.2 Å². The van der Waals surface area contributed by atoms with Crippen LogP contribution in [0, 0.1) is 11.6 Å². The number of ether oxygens (including phenoxy) is 1. The van der Waals surface area contributed by atoms with Crippen molar-refractivity contribution in [3.8, 4) is 0 Å². The highest BCUT2D eigenvalue weighted by molar-refractivity contribution is 5.83. The molecule has 3 heterocycles. The van der Waals surface area contributed by atoms with Crippen molar-refractivity contribution in [2.24, 2.45) is 5.73 Å². The number of nitrogens with two attached hydrogens (primary N) is 1. The molecule has 4 rings (SSSR count). The maximum absolute atomic E-state index is 12.4. The molecule has 2 atom stereocenters. The molecule has 3 aliphatic rings. The second kappa shape index (κ2) is 11.0. The van der Waals surface area contributed by atoms with Gasteiger partial charge in [0.1, 0.15) is 11.6 Å². The molecular weight excluding hydrogens is 421 g/mol. The summed E-state index contributed by atoms with van der Waals surface area (Å²) in [5.74, 6) is -2.57. The maximum atomic E-state index is 12.4. The molecule has 0 spiro atoms. The van der Waals surface area contributed by atoms with Gasteiger partial charge >= 0.3 is 12.1 Å². The van der Waals surface area contributed by atoms with Crippen LogP contribution in [-0.2, 0) is 9.53 Å². The molecule has 2 unspecified atom stereocenters. The lowest BCUT2D eigenvalue weighted by Gasteiger charge is -2.35. The normalized spacial score (nSPS) is 23.5. The Morgan fingerprint density at radius 1 is 0.968 bits per heavy atom. The van der Waals surface area contributed by atoms with Crippen LogP contribution < -0.4 is 5.73 Å². The van der Waals surface area contributed by atoms with Crippen LogP contribution in [0.3, 0.4) is 0 Å². The largest absolute Gasteiger partial charge is 0.471 e. The molecule has 0 aromatic heterocycles. The number of amides is 1. The Kier molecular flexibility index (Phi) is 8.96. The molecule has 0 aliphatic carbocycles. The predicted molar refractivity (Wildman–Crippen MR) is 106 cm³/mol. The lowest BCUT2D eigenvalue weighted by atomic mass is 10.1. The van der Waals surface area contributed by atoms with E-state index >= 15 is 0 Å². The van der Waals surface area contributed by atoms with Crippen molar-refractivity contribution in [3.63, 3.8) is 0 Å². The quantitative estimate of drug-likeness (QED) is 0.529. The molecular formula is C21H28F5N3O2. The zero-order chi connectivity index (χ0) is 23.2. The summed E-state index contributed by atoms with van der Waals surface area (Å²) in [6, 6.07) is 4.55. The van der Waals surface area contributed by atoms with Gasteiger partial charge in [-0.05, 0) is 41.8 Å². The molecule has 1 saturated heterocycles. The van der Waals surface area contributed by atoms with Crippen LogP contribution in [0.5, 0.6) is 0 Å². The van der Waals surface area contributed by atoms with Gasteiger partial charge < -0.3 is 15.4 Å². The molecule has 1 aromatic carbocycles. The molecule has 1 amide bonds. The molecule has 31 heavy (non-hydrogen) atoms. The molecule has 1 aromatic rings. The fourth-order valence-corrected chi connectivity index (χ4v) is 3.72. The van der Waals surface area contributed by atoms with Crippen molar-refractivity contribution in [2.45, 2.75) is 38.5 Å². The van der Waals surface area contributed by atoms with Crippen molar-refractivity contribution in [1.82, 2.24) is 9.80 Å². The molecule has 174 valence electrons. The van der Waals surface area contributed by atoms with E-state index in [1.165, 1.54) is 0 Å². The number of carbonyl (C=O) groups excluding carboxylic acids is 1. The second-order valence-corrected chi connectivity index (χ2v) is 7.39. The van der Waals surface area contributed by atoms with Crippen molar-refractivity contribution in [3.05, 3.63) is 47.0 Å². The van der Waals surface area contributed by atoms with Gasteiger partial charge in [-0.15, -0.1) is 0 Å². The smallest absolute Gasteiger partial charge is 0.378 e. The van der Waals surface area contributed by atoms with E-state index in [2.05, 4.69) is 4.90 Å². The van der Waals surface area contributed by atoms with Crippen LogP contribution in [0.25, 0.3) is 0 Å². The minimum Gasteiger partial charge on any atom is -0.378 e. The minimum atomic E-state index is -4.79. The molecule has 0 saturated carbocycles. The van der Waals surface area contributed by atoms with E-state index in [0.29, 0.717) is 26.3 Å². The zero-order valence-electron chi connectivity index (χ0n) is 17.6. The van der Waals surface area contributed by atoms with E-state index < -0.39 is 23.7 Å². The van der Waals surface area contributed by atoms with Gasteiger partial charge in [-0.3, -0.25) is 9.69 Å². The number of halogens is 5. The van der Waals surface area contributed by atoms with E-state index in [4.69, 9.17) is 10.5 Å². The second-order valence-electron chi connectivity index (χ2n) is 7.39. The Morgan fingerprint density at radius 2 is 1.45 bits per heavy atom. The highest BCUT2D eigenvalue weighted by atomic mass is 19.4. The number of nitrogens with zero attached hydrogens (tertiary/aromatic N) is 2. The first-order chi connectivity index (χ1) is 14.6. The molecule has 3 aliphatic heterocycles. The third kappa shape index (κ3) is 6.98. The number of alkyl halides is 3. The Balaban J connectivity index is 0.000000286. The first-order valence-corrected chi connectivity index (χ1v) is 10.2. The maximum Gasteiger partial charge on any atom is 0.471 e. The van der Waals surface area contributed by atoms with Crippen LogP contribution in [0.15, 0.2) is 35.4 Å². The molecule has 10 heteroatoms. The van der Waals surface area contributed by atoms with Crippen molar-refractivity contribution in [2.75, 3.05) is 39.4 Å². The lowest BCUT2D eigenvalue weighted by molar-refractivity contribution is -0.184. The molecule has 2 N–H and O–H groups in total. The average molecular weight is 449 g/mol. The van der Waals surface area contributed by atoms with Gasteiger partial charge in [-0.2, -0.15) is 13.2 Å². The summed E-state index contributed by atoms with van der Waals surface area (Å²) in [7, 11) is 0. The van der Waals surface area contributed by atoms with Crippen LogP contribution >= 0.6 is 0 Å². The third-order valence-electron chi connectivity index (χ3n) is 5.12. The minimum absolute atomic E-state index is 0.0162. The lowest BCUT2D eigenvalue weighted by Crippen LogP contribution is -2.48. The molecule has 0 bridgehead atoms. The number of benzene rings is 1. The van der Waals surface area contributed by atoms with Crippen LogP contribution in [0.2, 0.25) is 0 Å². The Labute approximate surface area is 178 Å². The summed E-state index contributed by atoms with van der Waals surface area (Å²) in [5, 5.41) is 0. The SMILES string of the molecule is CC.Fc1ccc(F)cc1.NC1COCC(N2CC3=C(CN(C(=O)C(F)(F)F)C3)C2)C1. The van der Waals surface area contributed by atoms with E-state index in [1.54, 1.807) is 0 Å². The summed E-state index contributed by atoms with van der Waals surface area (Å²) >= 11 is 0. The summed E-state index contributed by atoms with van der Waals surface area (Å²) in [6.45, 7) is 6.56. The highest BCUT2D eigenvalue weighted by Gasteiger charge is 2.46. The number of hydrogen-bond acceptors (Lipinski definition) is 4. The number of rotatable bonds is 1. The summed E-state index contributed by atoms with van der Waals surface area (Å²) in [6.07, 6.45) is -3.95. The summed E-state index contributed by atoms with van der Waals surface area (Å²) in [5.41, 5.74) is 7.75. The van der Waals surface area contributed by atoms with Gasteiger partial charge in [0.2, 0.25) is 0 Å².